The summed E-state index contributed by atoms with van der Waals surface area (Å²) in [7, 11) is 0. The molecule has 1 aliphatic heterocycles. The van der Waals surface area contributed by atoms with Crippen molar-refractivity contribution in [3.63, 3.8) is 0 Å². The number of nitrogens with two attached hydrogens (primary N) is 1. The summed E-state index contributed by atoms with van der Waals surface area (Å²) in [5.41, 5.74) is 4.16. The second-order valence-electron chi connectivity index (χ2n) is 7.62. The zero-order valence-corrected chi connectivity index (χ0v) is 17.5. The minimum Gasteiger partial charge on any atom is -0.441 e. The van der Waals surface area contributed by atoms with Gasteiger partial charge in [0.1, 0.15) is 11.7 Å². The van der Waals surface area contributed by atoms with Crippen LogP contribution in [0.3, 0.4) is 0 Å². The van der Waals surface area contributed by atoms with E-state index >= 15 is 0 Å². The van der Waals surface area contributed by atoms with E-state index in [1.54, 1.807) is 20.8 Å². The van der Waals surface area contributed by atoms with Gasteiger partial charge < -0.3 is 10.5 Å². The monoisotopic (exact) mass is 401 g/mol. The fraction of sp³-hybridized carbons (Fsp3) is 0.789. The van der Waals surface area contributed by atoms with Crippen LogP contribution in [0.25, 0.3) is 0 Å². The SMILES string of the molecule is CCCCC(CC)C(=O)OOC(C)(C)CC(C)OC1=[N+](OC(N)=O)C(=O)CC1. The maximum Gasteiger partial charge on any atom is 0.473 e. The first-order valence-electron chi connectivity index (χ1n) is 9.82. The molecule has 2 atom stereocenters. The number of primary amides is 1. The minimum atomic E-state index is -1.09. The molecule has 0 aromatic carbocycles. The van der Waals surface area contributed by atoms with Crippen molar-refractivity contribution < 1.29 is 38.5 Å². The summed E-state index contributed by atoms with van der Waals surface area (Å²) in [5, 5.41) is 0. The van der Waals surface area contributed by atoms with Gasteiger partial charge in [-0.2, -0.15) is 9.73 Å². The van der Waals surface area contributed by atoms with Gasteiger partial charge in [-0.1, -0.05) is 26.7 Å². The zero-order chi connectivity index (χ0) is 21.3. The van der Waals surface area contributed by atoms with Crippen LogP contribution in [0.15, 0.2) is 0 Å². The Balaban J connectivity index is 2.58. The van der Waals surface area contributed by atoms with Crippen molar-refractivity contribution >= 4 is 23.9 Å². The molecule has 1 aliphatic rings. The maximum atomic E-state index is 12.2. The van der Waals surface area contributed by atoms with Crippen molar-refractivity contribution in [2.75, 3.05) is 0 Å². The number of hydrogen-bond acceptors (Lipinski definition) is 7. The molecule has 0 spiro atoms. The summed E-state index contributed by atoms with van der Waals surface area (Å²) in [6.45, 7) is 9.35. The highest BCUT2D eigenvalue weighted by Crippen LogP contribution is 2.22. The summed E-state index contributed by atoms with van der Waals surface area (Å²) in [5.74, 6) is -0.726. The Bertz CT molecular complexity index is 601. The predicted octanol–water partition coefficient (Wildman–Crippen LogP) is 2.99. The summed E-state index contributed by atoms with van der Waals surface area (Å²) in [6.07, 6.45) is 2.82. The zero-order valence-electron chi connectivity index (χ0n) is 17.5. The van der Waals surface area contributed by atoms with E-state index in [2.05, 4.69) is 11.8 Å². The molecule has 9 heteroatoms. The van der Waals surface area contributed by atoms with Gasteiger partial charge >= 0.3 is 23.9 Å². The number of ether oxygens (including phenoxy) is 1. The Kier molecular flexibility index (Phi) is 9.37. The second-order valence-corrected chi connectivity index (χ2v) is 7.62. The summed E-state index contributed by atoms with van der Waals surface area (Å²) in [6, 6.07) is 0. The molecule has 0 aromatic heterocycles. The van der Waals surface area contributed by atoms with Crippen LogP contribution in [0.1, 0.15) is 79.6 Å². The molecule has 0 bridgehead atoms. The summed E-state index contributed by atoms with van der Waals surface area (Å²) >= 11 is 0. The van der Waals surface area contributed by atoms with E-state index in [1.165, 1.54) is 0 Å². The van der Waals surface area contributed by atoms with Crippen LogP contribution < -0.4 is 5.73 Å². The van der Waals surface area contributed by atoms with Crippen molar-refractivity contribution in [3.05, 3.63) is 0 Å². The number of hydrogen-bond donors (Lipinski definition) is 1. The van der Waals surface area contributed by atoms with Gasteiger partial charge in [0.15, 0.2) is 0 Å². The molecular weight excluding hydrogens is 368 g/mol. The van der Waals surface area contributed by atoms with E-state index in [0.717, 1.165) is 24.0 Å². The molecule has 0 radical (unpaired) electrons. The average Bonchev–Trinajstić information content (AvgIpc) is 2.93. The van der Waals surface area contributed by atoms with Gasteiger partial charge in [-0.05, 0) is 33.6 Å². The fourth-order valence-corrected chi connectivity index (χ4v) is 3.02. The van der Waals surface area contributed by atoms with Crippen molar-refractivity contribution in [1.29, 1.82) is 0 Å². The van der Waals surface area contributed by atoms with Crippen molar-refractivity contribution in [2.24, 2.45) is 11.7 Å². The molecule has 2 unspecified atom stereocenters. The molecule has 2 amide bonds. The number of hydroxylamine groups is 1. The lowest BCUT2D eigenvalue weighted by Gasteiger charge is -2.26. The Morgan fingerprint density at radius 2 is 1.93 bits per heavy atom. The minimum absolute atomic E-state index is 0.170. The molecule has 0 aromatic rings. The largest absolute Gasteiger partial charge is 0.473 e. The summed E-state index contributed by atoms with van der Waals surface area (Å²) < 4.78 is 6.51. The number of amides is 2. The molecule has 28 heavy (non-hydrogen) atoms. The van der Waals surface area contributed by atoms with Gasteiger partial charge in [0.25, 0.3) is 0 Å². The first kappa shape index (κ1) is 23.9. The smallest absolute Gasteiger partial charge is 0.441 e. The lowest BCUT2D eigenvalue weighted by atomic mass is 10.00. The van der Waals surface area contributed by atoms with Gasteiger partial charge in [0, 0.05) is 6.42 Å². The Hall–Kier alpha value is -2.16. The van der Waals surface area contributed by atoms with Crippen LogP contribution >= 0.6 is 0 Å². The Labute approximate surface area is 166 Å². The van der Waals surface area contributed by atoms with E-state index in [1.807, 2.05) is 6.92 Å². The quantitative estimate of drug-likeness (QED) is 0.245. The molecule has 2 N–H and O–H groups in total. The van der Waals surface area contributed by atoms with Gasteiger partial charge in [0.2, 0.25) is 0 Å². The predicted molar refractivity (Wildman–Crippen MR) is 99.9 cm³/mol. The van der Waals surface area contributed by atoms with Crippen LogP contribution in [0, 0.1) is 5.92 Å². The highest BCUT2D eigenvalue weighted by Gasteiger charge is 2.40. The topological polar surface area (TPSA) is 117 Å². The number of nitrogens with zero attached hydrogens (tertiary/aromatic N) is 1. The molecule has 160 valence electrons. The molecule has 9 nitrogen and oxygen atoms in total. The third-order valence-electron chi connectivity index (χ3n) is 4.38. The third-order valence-corrected chi connectivity index (χ3v) is 4.38. The van der Waals surface area contributed by atoms with Crippen LogP contribution in [-0.4, -0.2) is 40.3 Å². The first-order valence-corrected chi connectivity index (χ1v) is 9.82. The van der Waals surface area contributed by atoms with Crippen LogP contribution in [0.4, 0.5) is 4.79 Å². The number of rotatable bonds is 11. The van der Waals surface area contributed by atoms with Crippen LogP contribution in [-0.2, 0) is 28.9 Å². The fourth-order valence-electron chi connectivity index (χ4n) is 3.02. The van der Waals surface area contributed by atoms with Crippen molar-refractivity contribution in [2.45, 2.75) is 91.3 Å². The molecule has 1 rings (SSSR count). The highest BCUT2D eigenvalue weighted by molar-refractivity contribution is 5.87. The van der Waals surface area contributed by atoms with Crippen LogP contribution in [0.2, 0.25) is 0 Å². The van der Waals surface area contributed by atoms with Gasteiger partial charge in [-0.3, -0.25) is 4.89 Å². The third kappa shape index (κ3) is 7.84. The van der Waals surface area contributed by atoms with Crippen molar-refractivity contribution in [1.82, 2.24) is 0 Å². The Morgan fingerprint density at radius 3 is 2.50 bits per heavy atom. The molecule has 0 saturated heterocycles. The van der Waals surface area contributed by atoms with E-state index in [4.69, 9.17) is 20.2 Å². The second kappa shape index (κ2) is 11.0. The average molecular weight is 401 g/mol. The van der Waals surface area contributed by atoms with Gasteiger partial charge in [-0.25, -0.2) is 14.4 Å². The van der Waals surface area contributed by atoms with E-state index in [0.29, 0.717) is 19.3 Å². The standard InChI is InChI=1S/C19H32N2O7/c1-6-8-9-14(7-2)17(23)27-28-19(4,5)12-13(3)25-16-11-10-15(22)21(16)26-18(20)24/h13-14H,6-12H2,1-5H3,(H-,20,24)/p+1. The number of unbranched alkanes of at least 4 members (excludes halogenated alkanes) is 1. The van der Waals surface area contributed by atoms with Gasteiger partial charge in [0.05, 0.1) is 23.5 Å². The molecule has 0 saturated carbocycles. The first-order chi connectivity index (χ1) is 13.1. The lowest BCUT2D eigenvalue weighted by molar-refractivity contribution is -0.691. The van der Waals surface area contributed by atoms with E-state index in [9.17, 15) is 14.4 Å². The highest BCUT2D eigenvalue weighted by atomic mass is 17.2. The molecular formula is C19H33N2O7+. The van der Waals surface area contributed by atoms with Gasteiger partial charge in [-0.15, -0.1) is 0 Å². The Morgan fingerprint density at radius 1 is 1.25 bits per heavy atom. The molecule has 0 fully saturated rings. The summed E-state index contributed by atoms with van der Waals surface area (Å²) in [4.78, 5) is 50.0. The normalized spacial score (nSPS) is 16.7. The number of carbonyl (C=O) groups is 3. The van der Waals surface area contributed by atoms with Crippen molar-refractivity contribution in [3.8, 4) is 0 Å². The lowest BCUT2D eigenvalue weighted by Crippen LogP contribution is -2.35. The van der Waals surface area contributed by atoms with E-state index in [-0.39, 0.29) is 24.2 Å². The molecule has 1 heterocycles. The number of carbonyl (C=O) groups excluding carboxylic acids is 3. The van der Waals surface area contributed by atoms with Crippen LogP contribution in [0.5, 0.6) is 0 Å². The maximum absolute atomic E-state index is 12.2. The van der Waals surface area contributed by atoms with E-state index < -0.39 is 23.7 Å². The molecule has 0 aliphatic carbocycles.